The lowest BCUT2D eigenvalue weighted by Gasteiger charge is -2.11. The fraction of sp³-hybridized carbons (Fsp3) is 0.273. The number of benzene rings is 1. The number of likely N-dealkylation sites (N-methyl/N-ethyl adjacent to an activating group) is 1. The summed E-state index contributed by atoms with van der Waals surface area (Å²) < 4.78 is 5.22. The van der Waals surface area contributed by atoms with Crippen LogP contribution in [-0.4, -0.2) is 31.5 Å². The average molecular weight is 239 g/mol. The Labute approximate surface area is 99.0 Å². The molecule has 0 bridgehead atoms. The SMILES string of the molecule is CN(C)C(=O)COc1ccc(C#N)c(Cl)c1. The van der Waals surface area contributed by atoms with Crippen LogP contribution in [0, 0.1) is 11.3 Å². The third-order valence-electron chi connectivity index (χ3n) is 1.92. The number of hydrogen-bond acceptors (Lipinski definition) is 3. The van der Waals surface area contributed by atoms with Gasteiger partial charge in [0.1, 0.15) is 11.8 Å². The molecule has 4 nitrogen and oxygen atoms in total. The van der Waals surface area contributed by atoms with Crippen molar-refractivity contribution >= 4 is 17.5 Å². The van der Waals surface area contributed by atoms with Crippen LogP contribution < -0.4 is 4.74 Å². The summed E-state index contributed by atoms with van der Waals surface area (Å²) in [4.78, 5) is 12.7. The standard InChI is InChI=1S/C11H11ClN2O2/c1-14(2)11(15)7-16-9-4-3-8(6-13)10(12)5-9/h3-5H,7H2,1-2H3. The molecular weight excluding hydrogens is 228 g/mol. The highest BCUT2D eigenvalue weighted by atomic mass is 35.5. The van der Waals surface area contributed by atoms with Gasteiger partial charge in [-0.2, -0.15) is 5.26 Å². The zero-order valence-electron chi connectivity index (χ0n) is 9.03. The summed E-state index contributed by atoms with van der Waals surface area (Å²) in [6.45, 7) is -0.0464. The van der Waals surface area contributed by atoms with Gasteiger partial charge in [0.25, 0.3) is 5.91 Å². The Morgan fingerprint density at radius 3 is 2.75 bits per heavy atom. The van der Waals surface area contributed by atoms with E-state index in [0.29, 0.717) is 16.3 Å². The Bertz CT molecular complexity index is 438. The van der Waals surface area contributed by atoms with E-state index in [1.807, 2.05) is 6.07 Å². The van der Waals surface area contributed by atoms with Gasteiger partial charge in [-0.05, 0) is 12.1 Å². The minimum absolute atomic E-state index is 0.0464. The van der Waals surface area contributed by atoms with Gasteiger partial charge in [-0.15, -0.1) is 0 Å². The Balaban J connectivity index is 2.66. The molecule has 1 aromatic carbocycles. The van der Waals surface area contributed by atoms with Gasteiger partial charge in [0.15, 0.2) is 6.61 Å². The summed E-state index contributed by atoms with van der Waals surface area (Å²) in [5.41, 5.74) is 0.382. The molecule has 5 heteroatoms. The van der Waals surface area contributed by atoms with E-state index in [2.05, 4.69) is 0 Å². The number of nitriles is 1. The zero-order chi connectivity index (χ0) is 12.1. The fourth-order valence-corrected chi connectivity index (χ4v) is 1.16. The number of rotatable bonds is 3. The Hall–Kier alpha value is -1.73. The second-order valence-electron chi connectivity index (χ2n) is 3.33. The molecule has 0 heterocycles. The molecule has 0 fully saturated rings. The van der Waals surface area contributed by atoms with Gasteiger partial charge in [-0.25, -0.2) is 0 Å². The van der Waals surface area contributed by atoms with Crippen LogP contribution in [0.4, 0.5) is 0 Å². The number of nitrogens with zero attached hydrogens (tertiary/aromatic N) is 2. The van der Waals surface area contributed by atoms with Crippen LogP contribution in [-0.2, 0) is 4.79 Å². The number of hydrogen-bond donors (Lipinski definition) is 0. The normalized spacial score (nSPS) is 9.38. The molecule has 0 saturated heterocycles. The van der Waals surface area contributed by atoms with Crippen molar-refractivity contribution in [1.29, 1.82) is 5.26 Å². The number of amides is 1. The summed E-state index contributed by atoms with van der Waals surface area (Å²) in [7, 11) is 3.30. The predicted molar refractivity (Wildman–Crippen MR) is 60.4 cm³/mol. The molecule has 1 amide bonds. The first-order valence-corrected chi connectivity index (χ1v) is 4.95. The first-order chi connectivity index (χ1) is 7.54. The molecule has 0 N–H and O–H groups in total. The van der Waals surface area contributed by atoms with Crippen LogP contribution in [0.25, 0.3) is 0 Å². The van der Waals surface area contributed by atoms with Crippen molar-refractivity contribution in [3.05, 3.63) is 28.8 Å². The average Bonchev–Trinajstić information content (AvgIpc) is 2.25. The van der Waals surface area contributed by atoms with E-state index in [4.69, 9.17) is 21.6 Å². The second-order valence-corrected chi connectivity index (χ2v) is 3.74. The lowest BCUT2D eigenvalue weighted by molar-refractivity contribution is -0.130. The molecule has 84 valence electrons. The summed E-state index contributed by atoms with van der Waals surface area (Å²) >= 11 is 5.81. The quantitative estimate of drug-likeness (QED) is 0.805. The molecule has 0 spiro atoms. The van der Waals surface area contributed by atoms with Crippen molar-refractivity contribution in [3.8, 4) is 11.8 Å². The van der Waals surface area contributed by atoms with Gasteiger partial charge in [-0.3, -0.25) is 4.79 Å². The lowest BCUT2D eigenvalue weighted by Crippen LogP contribution is -2.27. The van der Waals surface area contributed by atoms with Crippen molar-refractivity contribution < 1.29 is 9.53 Å². The van der Waals surface area contributed by atoms with Gasteiger partial charge in [0, 0.05) is 20.2 Å². The maximum absolute atomic E-state index is 11.2. The van der Waals surface area contributed by atoms with Crippen LogP contribution in [0.1, 0.15) is 5.56 Å². The second kappa shape index (κ2) is 5.38. The van der Waals surface area contributed by atoms with Crippen LogP contribution >= 0.6 is 11.6 Å². The zero-order valence-corrected chi connectivity index (χ0v) is 9.78. The summed E-state index contributed by atoms with van der Waals surface area (Å²) in [6.07, 6.45) is 0. The van der Waals surface area contributed by atoms with Gasteiger partial charge < -0.3 is 9.64 Å². The molecule has 0 aliphatic heterocycles. The van der Waals surface area contributed by atoms with E-state index in [1.54, 1.807) is 26.2 Å². The molecule has 0 radical (unpaired) electrons. The molecule has 0 atom stereocenters. The highest BCUT2D eigenvalue weighted by molar-refractivity contribution is 6.31. The molecule has 16 heavy (non-hydrogen) atoms. The van der Waals surface area contributed by atoms with Gasteiger partial charge >= 0.3 is 0 Å². The van der Waals surface area contributed by atoms with Crippen LogP contribution in [0.2, 0.25) is 5.02 Å². The Morgan fingerprint density at radius 2 is 2.25 bits per heavy atom. The molecule has 0 unspecified atom stereocenters. The van der Waals surface area contributed by atoms with Crippen molar-refractivity contribution in [2.75, 3.05) is 20.7 Å². The highest BCUT2D eigenvalue weighted by Crippen LogP contribution is 2.21. The summed E-state index contributed by atoms with van der Waals surface area (Å²) in [5.74, 6) is 0.333. The highest BCUT2D eigenvalue weighted by Gasteiger charge is 2.06. The number of halogens is 1. The van der Waals surface area contributed by atoms with Crippen LogP contribution in [0.15, 0.2) is 18.2 Å². The van der Waals surface area contributed by atoms with E-state index in [0.717, 1.165) is 0 Å². The van der Waals surface area contributed by atoms with Gasteiger partial charge in [-0.1, -0.05) is 11.6 Å². The molecule has 0 aliphatic rings. The Morgan fingerprint density at radius 1 is 1.56 bits per heavy atom. The van der Waals surface area contributed by atoms with E-state index in [9.17, 15) is 4.79 Å². The minimum atomic E-state index is -0.138. The monoisotopic (exact) mass is 238 g/mol. The first-order valence-electron chi connectivity index (χ1n) is 4.57. The van der Waals surface area contributed by atoms with Crippen molar-refractivity contribution in [2.45, 2.75) is 0 Å². The topological polar surface area (TPSA) is 53.3 Å². The lowest BCUT2D eigenvalue weighted by atomic mass is 10.2. The van der Waals surface area contributed by atoms with Gasteiger partial charge in [0.05, 0.1) is 10.6 Å². The summed E-state index contributed by atoms with van der Waals surface area (Å²) in [6, 6.07) is 6.62. The minimum Gasteiger partial charge on any atom is -0.484 e. The smallest absolute Gasteiger partial charge is 0.259 e. The van der Waals surface area contributed by atoms with E-state index in [1.165, 1.54) is 11.0 Å². The molecule has 1 rings (SSSR count). The maximum Gasteiger partial charge on any atom is 0.259 e. The number of ether oxygens (including phenoxy) is 1. The molecule has 0 saturated carbocycles. The number of carbonyl (C=O) groups is 1. The third-order valence-corrected chi connectivity index (χ3v) is 2.23. The summed E-state index contributed by atoms with van der Waals surface area (Å²) in [5, 5.41) is 8.98. The maximum atomic E-state index is 11.2. The molecule has 0 aliphatic carbocycles. The molecule has 0 aromatic heterocycles. The third kappa shape index (κ3) is 3.14. The van der Waals surface area contributed by atoms with Gasteiger partial charge in [0.2, 0.25) is 0 Å². The first kappa shape index (κ1) is 12.3. The fourth-order valence-electron chi connectivity index (χ4n) is 0.950. The van der Waals surface area contributed by atoms with Crippen molar-refractivity contribution in [3.63, 3.8) is 0 Å². The van der Waals surface area contributed by atoms with Crippen LogP contribution in [0.3, 0.4) is 0 Å². The Kier molecular flexibility index (Phi) is 4.15. The van der Waals surface area contributed by atoms with Crippen molar-refractivity contribution in [2.24, 2.45) is 0 Å². The van der Waals surface area contributed by atoms with E-state index in [-0.39, 0.29) is 12.5 Å². The van der Waals surface area contributed by atoms with Crippen molar-refractivity contribution in [1.82, 2.24) is 4.90 Å². The van der Waals surface area contributed by atoms with Crippen LogP contribution in [0.5, 0.6) is 5.75 Å². The van der Waals surface area contributed by atoms with E-state index >= 15 is 0 Å². The van der Waals surface area contributed by atoms with E-state index < -0.39 is 0 Å². The number of carbonyl (C=O) groups excluding carboxylic acids is 1. The largest absolute Gasteiger partial charge is 0.484 e. The molecule has 1 aromatic rings. The molecular formula is C11H11ClN2O2. The predicted octanol–water partition coefficient (Wildman–Crippen LogP) is 1.68.